The van der Waals surface area contributed by atoms with E-state index in [0.29, 0.717) is 44.0 Å². The molecule has 3 rings (SSSR count). The van der Waals surface area contributed by atoms with Gasteiger partial charge in [0.15, 0.2) is 5.78 Å². The predicted octanol–water partition coefficient (Wildman–Crippen LogP) is 2.94. The fraction of sp³-hybridized carbons (Fsp3) is 0.389. The Morgan fingerprint density at radius 1 is 1.08 bits per heavy atom. The van der Waals surface area contributed by atoms with Gasteiger partial charge < -0.3 is 0 Å². The Morgan fingerprint density at radius 3 is 2.31 bits per heavy atom. The van der Waals surface area contributed by atoms with Crippen molar-refractivity contribution in [1.82, 2.24) is 9.21 Å². The van der Waals surface area contributed by atoms with Crippen LogP contribution >= 0.6 is 27.3 Å². The third-order valence-corrected chi connectivity index (χ3v) is 7.93. The maximum absolute atomic E-state index is 12.7. The van der Waals surface area contributed by atoms with Gasteiger partial charge in [-0.1, -0.05) is 17.7 Å². The Bertz CT molecular complexity index is 870. The third-order valence-electron chi connectivity index (χ3n) is 4.39. The van der Waals surface area contributed by atoms with Gasteiger partial charge in [0.25, 0.3) is 0 Å². The van der Waals surface area contributed by atoms with Crippen LogP contribution in [0.15, 0.2) is 45.1 Å². The van der Waals surface area contributed by atoms with Gasteiger partial charge in [-0.3, -0.25) is 9.69 Å². The lowest BCUT2D eigenvalue weighted by atomic mass is 10.2. The molecule has 0 saturated carbocycles. The van der Waals surface area contributed by atoms with Gasteiger partial charge in [-0.25, -0.2) is 8.42 Å². The molecule has 5 nitrogen and oxygen atoms in total. The van der Waals surface area contributed by atoms with Gasteiger partial charge in [0.2, 0.25) is 10.0 Å². The summed E-state index contributed by atoms with van der Waals surface area (Å²) in [5, 5.41) is 0. The number of carbonyl (C=O) groups is 1. The van der Waals surface area contributed by atoms with E-state index in [0.717, 1.165) is 14.2 Å². The van der Waals surface area contributed by atoms with Crippen molar-refractivity contribution in [2.24, 2.45) is 0 Å². The number of nitrogens with zero attached hydrogens (tertiary/aromatic N) is 2. The second-order valence-corrected chi connectivity index (χ2v) is 10.9. The van der Waals surface area contributed by atoms with E-state index in [1.54, 1.807) is 23.5 Å². The summed E-state index contributed by atoms with van der Waals surface area (Å²) in [5.41, 5.74) is 1.03. The van der Waals surface area contributed by atoms with Gasteiger partial charge in [0.1, 0.15) is 0 Å². The van der Waals surface area contributed by atoms with Crippen molar-refractivity contribution >= 4 is 43.1 Å². The summed E-state index contributed by atoms with van der Waals surface area (Å²) >= 11 is 4.97. The Balaban J connectivity index is 1.53. The number of aryl methyl sites for hydroxylation is 1. The number of sulfonamides is 1. The summed E-state index contributed by atoms with van der Waals surface area (Å²) in [5.74, 6) is 0.161. The van der Waals surface area contributed by atoms with Crippen LogP contribution in [0.25, 0.3) is 0 Å². The molecular weight excluding hydrogens is 436 g/mol. The van der Waals surface area contributed by atoms with Crippen molar-refractivity contribution in [3.63, 3.8) is 0 Å². The molecule has 0 spiro atoms. The van der Waals surface area contributed by atoms with Crippen LogP contribution in [-0.4, -0.2) is 56.1 Å². The SMILES string of the molecule is Cc1ccc(S(=O)(=O)N2CCN(CC(=O)Cc3ccc(Br)s3)CC2)cc1. The van der Waals surface area contributed by atoms with Gasteiger partial charge in [-0.2, -0.15) is 4.31 Å². The molecule has 0 aliphatic carbocycles. The number of benzene rings is 1. The largest absolute Gasteiger partial charge is 0.298 e. The molecule has 2 heterocycles. The fourth-order valence-electron chi connectivity index (χ4n) is 2.93. The van der Waals surface area contributed by atoms with Crippen LogP contribution in [0.3, 0.4) is 0 Å². The smallest absolute Gasteiger partial charge is 0.243 e. The van der Waals surface area contributed by atoms with Crippen molar-refractivity contribution in [3.05, 3.63) is 50.6 Å². The van der Waals surface area contributed by atoms with Crippen LogP contribution in [0.5, 0.6) is 0 Å². The summed E-state index contributed by atoms with van der Waals surface area (Å²) in [6.45, 7) is 4.27. The normalized spacial score (nSPS) is 16.7. The molecule has 1 aromatic heterocycles. The van der Waals surface area contributed by atoms with E-state index in [-0.39, 0.29) is 5.78 Å². The molecule has 8 heteroatoms. The van der Waals surface area contributed by atoms with E-state index in [1.165, 1.54) is 4.31 Å². The molecule has 0 unspecified atom stereocenters. The lowest BCUT2D eigenvalue weighted by molar-refractivity contribution is -0.119. The highest BCUT2D eigenvalue weighted by Gasteiger charge is 2.28. The molecule has 1 saturated heterocycles. The Morgan fingerprint density at radius 2 is 1.73 bits per heavy atom. The third kappa shape index (κ3) is 4.80. The van der Waals surface area contributed by atoms with Crippen LogP contribution in [0, 0.1) is 6.92 Å². The second-order valence-electron chi connectivity index (χ2n) is 6.41. The predicted molar refractivity (Wildman–Crippen MR) is 107 cm³/mol. The highest BCUT2D eigenvalue weighted by molar-refractivity contribution is 9.11. The summed E-state index contributed by atoms with van der Waals surface area (Å²) in [7, 11) is -3.46. The van der Waals surface area contributed by atoms with Crippen molar-refractivity contribution in [1.29, 1.82) is 0 Å². The van der Waals surface area contributed by atoms with Crippen LogP contribution in [0.2, 0.25) is 0 Å². The van der Waals surface area contributed by atoms with Crippen LogP contribution in [-0.2, 0) is 21.2 Å². The van der Waals surface area contributed by atoms with E-state index >= 15 is 0 Å². The van der Waals surface area contributed by atoms with E-state index in [1.807, 2.05) is 36.1 Å². The molecule has 140 valence electrons. The molecule has 0 radical (unpaired) electrons. The van der Waals surface area contributed by atoms with Crippen LogP contribution in [0.1, 0.15) is 10.4 Å². The number of ketones is 1. The molecule has 1 fully saturated rings. The summed E-state index contributed by atoms with van der Waals surface area (Å²) in [4.78, 5) is 15.6. The average molecular weight is 457 g/mol. The van der Waals surface area contributed by atoms with Crippen molar-refractivity contribution in [2.45, 2.75) is 18.2 Å². The van der Waals surface area contributed by atoms with Crippen molar-refractivity contribution in [3.8, 4) is 0 Å². The number of Topliss-reactive ketones (excluding diaryl/α,β-unsaturated/α-hetero) is 1. The van der Waals surface area contributed by atoms with Gasteiger partial charge in [-0.05, 0) is 47.1 Å². The maximum atomic E-state index is 12.7. The molecule has 1 aromatic carbocycles. The lowest BCUT2D eigenvalue weighted by Crippen LogP contribution is -2.49. The van der Waals surface area contributed by atoms with Gasteiger partial charge in [-0.15, -0.1) is 11.3 Å². The molecule has 0 atom stereocenters. The van der Waals surface area contributed by atoms with E-state index < -0.39 is 10.0 Å². The number of thiophene rings is 1. The molecular formula is C18H21BrN2O3S2. The zero-order valence-corrected chi connectivity index (χ0v) is 17.7. The number of carbonyl (C=O) groups excluding carboxylic acids is 1. The van der Waals surface area contributed by atoms with Crippen LogP contribution < -0.4 is 0 Å². The highest BCUT2D eigenvalue weighted by Crippen LogP contribution is 2.23. The molecule has 0 amide bonds. The monoisotopic (exact) mass is 456 g/mol. The van der Waals surface area contributed by atoms with Gasteiger partial charge in [0.05, 0.1) is 15.2 Å². The molecule has 0 N–H and O–H groups in total. The molecule has 1 aliphatic rings. The average Bonchev–Trinajstić information content (AvgIpc) is 3.00. The highest BCUT2D eigenvalue weighted by atomic mass is 79.9. The minimum absolute atomic E-state index is 0.161. The summed E-state index contributed by atoms with van der Waals surface area (Å²) in [6.07, 6.45) is 0.429. The molecule has 2 aromatic rings. The Hall–Kier alpha value is -1.06. The maximum Gasteiger partial charge on any atom is 0.243 e. The van der Waals surface area contributed by atoms with Crippen molar-refractivity contribution < 1.29 is 13.2 Å². The lowest BCUT2D eigenvalue weighted by Gasteiger charge is -2.33. The van der Waals surface area contributed by atoms with Gasteiger partial charge in [0, 0.05) is 37.5 Å². The number of piperazine rings is 1. The first-order valence-corrected chi connectivity index (χ1v) is 11.4. The first-order valence-electron chi connectivity index (χ1n) is 8.40. The number of hydrogen-bond donors (Lipinski definition) is 0. The summed E-state index contributed by atoms with van der Waals surface area (Å²) in [6, 6.07) is 10.8. The van der Waals surface area contributed by atoms with Gasteiger partial charge >= 0.3 is 0 Å². The number of halogens is 1. The van der Waals surface area contributed by atoms with E-state index in [2.05, 4.69) is 15.9 Å². The fourth-order valence-corrected chi connectivity index (χ4v) is 5.87. The number of rotatable bonds is 6. The van der Waals surface area contributed by atoms with E-state index in [9.17, 15) is 13.2 Å². The second kappa shape index (κ2) is 8.31. The standard InChI is InChI=1S/C18H21BrN2O3S2/c1-14-2-5-17(6-3-14)26(23,24)21-10-8-20(9-11-21)13-15(22)12-16-4-7-18(19)25-16/h2-7H,8-13H2,1H3. The molecule has 26 heavy (non-hydrogen) atoms. The zero-order chi connectivity index (χ0) is 18.7. The molecule has 1 aliphatic heterocycles. The minimum atomic E-state index is -3.46. The Labute approximate surface area is 166 Å². The quantitative estimate of drug-likeness (QED) is 0.670. The first kappa shape index (κ1) is 19.7. The zero-order valence-electron chi connectivity index (χ0n) is 14.5. The molecule has 0 bridgehead atoms. The van der Waals surface area contributed by atoms with Crippen LogP contribution in [0.4, 0.5) is 0 Å². The number of hydrogen-bond acceptors (Lipinski definition) is 5. The summed E-state index contributed by atoms with van der Waals surface area (Å²) < 4.78 is 27.9. The first-order chi connectivity index (χ1) is 12.3. The minimum Gasteiger partial charge on any atom is -0.298 e. The van der Waals surface area contributed by atoms with Crippen molar-refractivity contribution in [2.75, 3.05) is 32.7 Å². The van der Waals surface area contributed by atoms with E-state index in [4.69, 9.17) is 0 Å². The Kier molecular flexibility index (Phi) is 6.29. The topological polar surface area (TPSA) is 57.7 Å².